The zero-order valence-corrected chi connectivity index (χ0v) is 18.3. The van der Waals surface area contributed by atoms with Crippen LogP contribution in [0.15, 0.2) is 23.2 Å². The van der Waals surface area contributed by atoms with Crippen LogP contribution in [0.3, 0.4) is 0 Å². The van der Waals surface area contributed by atoms with E-state index in [2.05, 4.69) is 4.99 Å². The van der Waals surface area contributed by atoms with E-state index in [1.54, 1.807) is 20.8 Å². The summed E-state index contributed by atoms with van der Waals surface area (Å²) in [5.41, 5.74) is -1.13. The SMILES string of the molecule is CC(C)(C)c1cccc(C=NCC(F)(F)C(F)(F)C(F)(F)C(F)(F)C(F)(F)S(F)(F)(F)(F)F)c1O. The summed E-state index contributed by atoms with van der Waals surface area (Å²) in [6, 6.07) is 3.48. The van der Waals surface area contributed by atoms with Crippen molar-refractivity contribution in [2.45, 2.75) is 55.1 Å². The molecule has 0 spiro atoms. The normalized spacial score (nSPS) is 17.4. The van der Waals surface area contributed by atoms with E-state index in [0.717, 1.165) is 6.07 Å². The summed E-state index contributed by atoms with van der Waals surface area (Å²) in [6.45, 7) is 1.76. The van der Waals surface area contributed by atoms with E-state index in [1.807, 2.05) is 0 Å². The molecule has 0 bridgehead atoms. The molecule has 0 atom stereocenters. The second-order valence-corrected chi connectivity index (χ2v) is 10.8. The molecule has 0 unspecified atom stereocenters. The van der Waals surface area contributed by atoms with Crippen LogP contribution in [0.1, 0.15) is 31.9 Å². The molecule has 0 amide bonds. The molecule has 0 heterocycles. The Hall–Kier alpha value is -2.01. The molecule has 0 aromatic heterocycles. The van der Waals surface area contributed by atoms with E-state index in [9.17, 15) is 68.4 Å². The summed E-state index contributed by atoms with van der Waals surface area (Å²) < 4.78 is 195. The maximum absolute atomic E-state index is 13.7. The van der Waals surface area contributed by atoms with Gasteiger partial charge in [-0.25, -0.2) is 0 Å². The van der Waals surface area contributed by atoms with Gasteiger partial charge < -0.3 is 5.11 Å². The largest absolute Gasteiger partial charge is 0.507 e. The maximum Gasteiger partial charge on any atom is 0.450 e. The summed E-state index contributed by atoms with van der Waals surface area (Å²) in [5.74, 6) is -32.1. The smallest absolute Gasteiger partial charge is 0.450 e. The second-order valence-electron chi connectivity index (χ2n) is 8.38. The average molecular weight is 567 g/mol. The fourth-order valence-corrected chi connectivity index (χ4v) is 3.09. The minimum atomic E-state index is -13.0. The van der Waals surface area contributed by atoms with Gasteiger partial charge in [-0.1, -0.05) is 52.3 Å². The Bertz CT molecular complexity index is 994. The predicted molar refractivity (Wildman–Crippen MR) is 97.1 cm³/mol. The van der Waals surface area contributed by atoms with E-state index in [4.69, 9.17) is 0 Å². The fourth-order valence-electron chi connectivity index (χ4n) is 2.48. The Morgan fingerprint density at radius 1 is 0.771 bits per heavy atom. The molecule has 1 aromatic rings. The van der Waals surface area contributed by atoms with Crippen LogP contribution in [0, 0.1) is 0 Å². The fraction of sp³-hybridized carbons (Fsp3) is 0.588. The molecule has 1 rings (SSSR count). The van der Waals surface area contributed by atoms with Crippen LogP contribution in [0.5, 0.6) is 5.75 Å². The molecule has 0 radical (unpaired) electrons. The van der Waals surface area contributed by atoms with Crippen molar-refractivity contribution in [3.8, 4) is 5.75 Å². The van der Waals surface area contributed by atoms with Crippen molar-refractivity contribution >= 4 is 16.4 Å². The molecule has 0 saturated heterocycles. The topological polar surface area (TPSA) is 32.6 Å². The number of aliphatic imine (C=N–C) groups is 1. The van der Waals surface area contributed by atoms with Crippen LogP contribution in [-0.4, -0.2) is 46.8 Å². The first-order valence-corrected chi connectivity index (χ1v) is 10.8. The Balaban J connectivity index is 3.43. The third-order valence-electron chi connectivity index (χ3n) is 4.49. The Morgan fingerprint density at radius 2 is 1.23 bits per heavy atom. The number of para-hydroxylation sites is 1. The number of nitrogens with zero attached hydrogens (tertiary/aromatic N) is 1. The van der Waals surface area contributed by atoms with Crippen molar-refractivity contribution in [2.24, 2.45) is 4.99 Å². The minimum absolute atomic E-state index is 0.142. The number of aromatic hydroxyl groups is 1. The number of hydrogen-bond donors (Lipinski definition) is 1. The number of hydrogen-bond acceptors (Lipinski definition) is 2. The highest BCUT2D eigenvalue weighted by atomic mass is 32.5. The third kappa shape index (κ3) is 4.98. The van der Waals surface area contributed by atoms with Crippen LogP contribution in [-0.2, 0) is 5.41 Å². The molecule has 0 saturated carbocycles. The van der Waals surface area contributed by atoms with Crippen LogP contribution in [0.4, 0.5) is 63.3 Å². The van der Waals surface area contributed by atoms with Crippen molar-refractivity contribution in [2.75, 3.05) is 6.54 Å². The third-order valence-corrected chi connectivity index (χ3v) is 5.72. The number of phenolic OH excluding ortho intramolecular Hbond substituents is 1. The van der Waals surface area contributed by atoms with Gasteiger partial charge in [-0.2, -0.15) is 43.9 Å². The van der Waals surface area contributed by atoms with Crippen molar-refractivity contribution in [1.82, 2.24) is 0 Å². The van der Waals surface area contributed by atoms with E-state index < -0.39 is 62.4 Å². The first-order chi connectivity index (χ1) is 14.9. The van der Waals surface area contributed by atoms with Gasteiger partial charge in [0.1, 0.15) is 12.3 Å². The summed E-state index contributed by atoms with van der Waals surface area (Å²) >= 11 is 0. The van der Waals surface area contributed by atoms with Crippen molar-refractivity contribution in [3.05, 3.63) is 29.3 Å². The number of alkyl halides is 10. The van der Waals surface area contributed by atoms with Gasteiger partial charge in [0.2, 0.25) is 0 Å². The van der Waals surface area contributed by atoms with Gasteiger partial charge in [-0.05, 0) is 17.0 Å². The highest BCUT2D eigenvalue weighted by Crippen LogP contribution is 3.06. The Morgan fingerprint density at radius 3 is 1.63 bits per heavy atom. The summed E-state index contributed by atoms with van der Waals surface area (Å²) in [7, 11) is -13.0. The van der Waals surface area contributed by atoms with Crippen LogP contribution in [0.25, 0.3) is 0 Å². The molecule has 18 heteroatoms. The first-order valence-electron chi connectivity index (χ1n) is 8.80. The number of benzene rings is 1. The predicted octanol–water partition coefficient (Wildman–Crippen LogP) is 8.54. The van der Waals surface area contributed by atoms with Crippen molar-refractivity contribution in [3.63, 3.8) is 0 Å². The number of rotatable bonds is 8. The summed E-state index contributed by atoms with van der Waals surface area (Å²) in [6.07, 6.45) is 0.175. The van der Waals surface area contributed by atoms with Crippen molar-refractivity contribution in [1.29, 1.82) is 0 Å². The quantitative estimate of drug-likeness (QED) is 0.248. The Labute approximate surface area is 187 Å². The van der Waals surface area contributed by atoms with E-state index in [0.29, 0.717) is 0 Å². The second kappa shape index (κ2) is 7.50. The molecule has 1 aromatic carbocycles. The number of halogens is 15. The summed E-state index contributed by atoms with van der Waals surface area (Å²) in [4.78, 5) is 2.55. The molecule has 206 valence electrons. The van der Waals surface area contributed by atoms with Gasteiger partial charge >= 0.3 is 39.2 Å². The molecular weight excluding hydrogens is 551 g/mol. The lowest BCUT2D eigenvalue weighted by molar-refractivity contribution is -0.390. The van der Waals surface area contributed by atoms with E-state index in [-0.39, 0.29) is 11.8 Å². The van der Waals surface area contributed by atoms with Gasteiger partial charge in [0, 0.05) is 11.8 Å². The van der Waals surface area contributed by atoms with E-state index >= 15 is 0 Å². The van der Waals surface area contributed by atoms with Crippen LogP contribution < -0.4 is 0 Å². The van der Waals surface area contributed by atoms with Gasteiger partial charge in [0.05, 0.1) is 0 Å². The minimum Gasteiger partial charge on any atom is -0.507 e. The molecule has 0 aliphatic carbocycles. The highest BCUT2D eigenvalue weighted by Gasteiger charge is 2.99. The van der Waals surface area contributed by atoms with Gasteiger partial charge in [-0.15, -0.1) is 0 Å². The van der Waals surface area contributed by atoms with Crippen LogP contribution in [0.2, 0.25) is 0 Å². The van der Waals surface area contributed by atoms with Gasteiger partial charge in [0.15, 0.2) is 0 Å². The number of phenols is 1. The van der Waals surface area contributed by atoms with Crippen molar-refractivity contribution < 1.29 is 68.4 Å². The highest BCUT2D eigenvalue weighted by molar-refractivity contribution is 8.46. The van der Waals surface area contributed by atoms with Crippen LogP contribution >= 0.6 is 10.2 Å². The zero-order valence-electron chi connectivity index (χ0n) is 17.5. The zero-order chi connectivity index (χ0) is 28.4. The maximum atomic E-state index is 13.7. The monoisotopic (exact) mass is 567 g/mol. The lowest BCUT2D eigenvalue weighted by Gasteiger charge is -2.50. The lowest BCUT2D eigenvalue weighted by atomic mass is 9.85. The summed E-state index contributed by atoms with van der Waals surface area (Å²) in [5, 5.41) is 0.948. The average Bonchev–Trinajstić information content (AvgIpc) is 2.59. The lowest BCUT2D eigenvalue weighted by Crippen LogP contribution is -2.69. The molecular formula is C17H16F15NOS. The molecule has 0 fully saturated rings. The molecule has 2 nitrogen and oxygen atoms in total. The molecule has 1 N–H and O–H groups in total. The molecule has 0 aliphatic rings. The Kier molecular flexibility index (Phi) is 6.65. The standard InChI is InChI=1S/C17H16F15NOS/c1-12(2,3)10-6-4-5-9(11(10)34)7-33-8-13(18,19)14(20,21)15(22,23)16(24,25)17(26,27)35(28,29,30,31)32/h4-7,34H,8H2,1-3H3. The van der Waals surface area contributed by atoms with E-state index in [1.165, 1.54) is 12.1 Å². The van der Waals surface area contributed by atoms with Gasteiger partial charge in [-0.3, -0.25) is 4.99 Å². The van der Waals surface area contributed by atoms with Gasteiger partial charge in [0.25, 0.3) is 0 Å². The molecule has 0 aliphatic heterocycles. The first kappa shape index (κ1) is 31.0. The molecule has 35 heavy (non-hydrogen) atoms.